The average Bonchev–Trinajstić information content (AvgIpc) is 2.55. The van der Waals surface area contributed by atoms with Crippen molar-refractivity contribution in [3.05, 3.63) is 78.9 Å². The van der Waals surface area contributed by atoms with Crippen LogP contribution in [0, 0.1) is 0 Å². The average molecular weight is 305 g/mol. The number of hydrogen-bond acceptors (Lipinski definition) is 4. The fourth-order valence-electron chi connectivity index (χ4n) is 1.97. The van der Waals surface area contributed by atoms with Gasteiger partial charge < -0.3 is 5.32 Å². The minimum Gasteiger partial charge on any atom is -0.356 e. The van der Waals surface area contributed by atoms with Gasteiger partial charge in [-0.1, -0.05) is 24.3 Å². The number of rotatable bonds is 4. The van der Waals surface area contributed by atoms with Gasteiger partial charge in [-0.15, -0.1) is 12.6 Å². The Morgan fingerprint density at radius 3 is 2.05 bits per heavy atom. The minimum atomic E-state index is 0.791. The van der Waals surface area contributed by atoms with Gasteiger partial charge in [0.15, 0.2) is 0 Å². The molecule has 0 unspecified atom stereocenters. The van der Waals surface area contributed by atoms with E-state index in [2.05, 4.69) is 28.2 Å². The van der Waals surface area contributed by atoms with Crippen LogP contribution in [0.4, 0.5) is 22.7 Å². The van der Waals surface area contributed by atoms with Crippen molar-refractivity contribution in [2.45, 2.75) is 4.90 Å². The molecule has 0 heterocycles. The summed E-state index contributed by atoms with van der Waals surface area (Å²) in [6, 6.07) is 25.5. The van der Waals surface area contributed by atoms with E-state index in [0.29, 0.717) is 0 Å². The zero-order chi connectivity index (χ0) is 15.2. The molecule has 4 heteroatoms. The highest BCUT2D eigenvalue weighted by Crippen LogP contribution is 2.23. The number of thiol groups is 1. The second kappa shape index (κ2) is 6.91. The molecule has 3 aromatic rings. The van der Waals surface area contributed by atoms with Gasteiger partial charge in [-0.25, -0.2) is 0 Å². The van der Waals surface area contributed by atoms with E-state index < -0.39 is 0 Å². The normalized spacial score (nSPS) is 10.8. The molecule has 0 fully saturated rings. The molecule has 3 nitrogen and oxygen atoms in total. The van der Waals surface area contributed by atoms with E-state index in [9.17, 15) is 0 Å². The standard InChI is InChI=1S/C18H15N3S/c22-18-8-4-7-17(13-18)21-20-16-11-9-15(10-12-16)19-14-5-2-1-3-6-14/h1-13,19,22H. The molecule has 22 heavy (non-hydrogen) atoms. The summed E-state index contributed by atoms with van der Waals surface area (Å²) in [5, 5.41) is 11.8. The Bertz CT molecular complexity index is 768. The van der Waals surface area contributed by atoms with Crippen LogP contribution in [0.15, 0.2) is 94.0 Å². The van der Waals surface area contributed by atoms with Gasteiger partial charge in [0.1, 0.15) is 0 Å². The SMILES string of the molecule is Sc1cccc(N=Nc2ccc(Nc3ccccc3)cc2)c1. The summed E-state index contributed by atoms with van der Waals surface area (Å²) < 4.78 is 0. The zero-order valence-corrected chi connectivity index (χ0v) is 12.7. The Hall–Kier alpha value is -2.59. The number of azo groups is 1. The first kappa shape index (κ1) is 14.4. The number of hydrogen-bond donors (Lipinski definition) is 2. The summed E-state index contributed by atoms with van der Waals surface area (Å²) in [6.45, 7) is 0. The van der Waals surface area contributed by atoms with Crippen molar-refractivity contribution in [3.8, 4) is 0 Å². The number of para-hydroxylation sites is 1. The van der Waals surface area contributed by atoms with Crippen molar-refractivity contribution in [1.29, 1.82) is 0 Å². The maximum absolute atomic E-state index is 4.29. The molecule has 0 aliphatic carbocycles. The summed E-state index contributed by atoms with van der Waals surface area (Å²) in [7, 11) is 0. The second-order valence-electron chi connectivity index (χ2n) is 4.76. The van der Waals surface area contributed by atoms with Crippen molar-refractivity contribution in [1.82, 2.24) is 0 Å². The van der Waals surface area contributed by atoms with Gasteiger partial charge in [0.2, 0.25) is 0 Å². The quantitative estimate of drug-likeness (QED) is 0.441. The van der Waals surface area contributed by atoms with E-state index in [1.807, 2.05) is 78.9 Å². The van der Waals surface area contributed by atoms with Gasteiger partial charge in [0.25, 0.3) is 0 Å². The third-order valence-corrected chi connectivity index (χ3v) is 3.32. The summed E-state index contributed by atoms with van der Waals surface area (Å²) in [5.41, 5.74) is 3.67. The molecule has 0 aromatic heterocycles. The number of anilines is 2. The topological polar surface area (TPSA) is 36.8 Å². The van der Waals surface area contributed by atoms with Gasteiger partial charge in [0, 0.05) is 16.3 Å². The minimum absolute atomic E-state index is 0.791. The Morgan fingerprint density at radius 2 is 1.32 bits per heavy atom. The fraction of sp³-hybridized carbons (Fsp3) is 0. The Labute approximate surface area is 135 Å². The molecule has 0 aliphatic heterocycles. The van der Waals surface area contributed by atoms with Gasteiger partial charge in [-0.05, 0) is 54.6 Å². The summed E-state index contributed by atoms with van der Waals surface area (Å²) >= 11 is 4.29. The molecule has 108 valence electrons. The van der Waals surface area contributed by atoms with E-state index in [-0.39, 0.29) is 0 Å². The van der Waals surface area contributed by atoms with Crippen LogP contribution in [0.3, 0.4) is 0 Å². The van der Waals surface area contributed by atoms with Gasteiger partial charge in [-0.2, -0.15) is 10.2 Å². The lowest BCUT2D eigenvalue weighted by Gasteiger charge is -2.05. The molecule has 0 saturated carbocycles. The first-order chi connectivity index (χ1) is 10.8. The number of nitrogens with one attached hydrogen (secondary N) is 1. The molecule has 3 rings (SSSR count). The molecule has 1 N–H and O–H groups in total. The maximum Gasteiger partial charge on any atom is 0.0868 e. The molecule has 0 amide bonds. The number of nitrogens with zero attached hydrogens (tertiary/aromatic N) is 2. The summed E-state index contributed by atoms with van der Waals surface area (Å²) in [5.74, 6) is 0. The zero-order valence-electron chi connectivity index (χ0n) is 11.8. The summed E-state index contributed by atoms with van der Waals surface area (Å²) in [4.78, 5) is 0.874. The van der Waals surface area contributed by atoms with E-state index in [4.69, 9.17) is 0 Å². The molecule has 0 spiro atoms. The van der Waals surface area contributed by atoms with E-state index >= 15 is 0 Å². The molecular formula is C18H15N3S. The number of benzene rings is 3. The third-order valence-electron chi connectivity index (χ3n) is 3.04. The predicted molar refractivity (Wildman–Crippen MR) is 94.0 cm³/mol. The molecule has 0 aliphatic rings. The molecule has 3 aromatic carbocycles. The summed E-state index contributed by atoms with van der Waals surface area (Å²) in [6.07, 6.45) is 0. The first-order valence-corrected chi connectivity index (χ1v) is 7.37. The fourth-order valence-corrected chi connectivity index (χ4v) is 2.19. The smallest absolute Gasteiger partial charge is 0.0868 e. The Kier molecular flexibility index (Phi) is 4.51. The van der Waals surface area contributed by atoms with Crippen LogP contribution in [0.25, 0.3) is 0 Å². The lowest BCUT2D eigenvalue weighted by molar-refractivity contribution is 1.22. The van der Waals surface area contributed by atoms with Gasteiger partial charge in [-0.3, -0.25) is 0 Å². The lowest BCUT2D eigenvalue weighted by Crippen LogP contribution is -1.88. The molecular weight excluding hydrogens is 290 g/mol. The Balaban J connectivity index is 1.69. The van der Waals surface area contributed by atoms with Gasteiger partial charge in [0.05, 0.1) is 11.4 Å². The molecule has 0 atom stereocenters. The highest BCUT2D eigenvalue weighted by Gasteiger charge is 1.95. The van der Waals surface area contributed by atoms with Crippen LogP contribution in [0.2, 0.25) is 0 Å². The van der Waals surface area contributed by atoms with Crippen LogP contribution in [0.5, 0.6) is 0 Å². The monoisotopic (exact) mass is 305 g/mol. The van der Waals surface area contributed by atoms with Crippen molar-refractivity contribution in [3.63, 3.8) is 0 Å². The first-order valence-electron chi connectivity index (χ1n) is 6.92. The van der Waals surface area contributed by atoms with Crippen LogP contribution in [-0.4, -0.2) is 0 Å². The second-order valence-corrected chi connectivity index (χ2v) is 5.27. The van der Waals surface area contributed by atoms with Crippen LogP contribution in [-0.2, 0) is 0 Å². The van der Waals surface area contributed by atoms with Crippen molar-refractivity contribution < 1.29 is 0 Å². The largest absolute Gasteiger partial charge is 0.356 e. The van der Waals surface area contributed by atoms with Crippen molar-refractivity contribution in [2.24, 2.45) is 10.2 Å². The van der Waals surface area contributed by atoms with Gasteiger partial charge >= 0.3 is 0 Å². The van der Waals surface area contributed by atoms with Crippen molar-refractivity contribution in [2.75, 3.05) is 5.32 Å². The highest BCUT2D eigenvalue weighted by atomic mass is 32.1. The van der Waals surface area contributed by atoms with Crippen LogP contribution < -0.4 is 5.32 Å². The predicted octanol–water partition coefficient (Wildman–Crippen LogP) is 6.13. The third kappa shape index (κ3) is 3.96. The van der Waals surface area contributed by atoms with Crippen molar-refractivity contribution >= 4 is 35.4 Å². The Morgan fingerprint density at radius 1 is 0.636 bits per heavy atom. The van der Waals surface area contributed by atoms with E-state index in [1.165, 1.54) is 0 Å². The van der Waals surface area contributed by atoms with Crippen LogP contribution >= 0.6 is 12.6 Å². The van der Waals surface area contributed by atoms with E-state index in [0.717, 1.165) is 27.6 Å². The highest BCUT2D eigenvalue weighted by molar-refractivity contribution is 7.80. The molecule has 0 bridgehead atoms. The van der Waals surface area contributed by atoms with E-state index in [1.54, 1.807) is 0 Å². The maximum atomic E-state index is 4.29. The molecule has 0 saturated heterocycles. The lowest BCUT2D eigenvalue weighted by atomic mass is 10.2. The van der Waals surface area contributed by atoms with Crippen LogP contribution in [0.1, 0.15) is 0 Å². The molecule has 0 radical (unpaired) electrons.